The maximum absolute atomic E-state index is 13.1. The molecule has 268 valence electrons. The van der Waals surface area contributed by atoms with E-state index in [1.54, 1.807) is 36.5 Å². The molecule has 1 aromatic heterocycles. The number of aryl methyl sites for hydroxylation is 1. The predicted molar refractivity (Wildman–Crippen MR) is 208 cm³/mol. The van der Waals surface area contributed by atoms with Crippen LogP contribution in [-0.4, -0.2) is 46.9 Å². The third kappa shape index (κ3) is 10.2. The van der Waals surface area contributed by atoms with Gasteiger partial charge in [0.2, 0.25) is 11.8 Å². The monoisotopic (exact) mass is 735 g/mol. The van der Waals surface area contributed by atoms with Crippen molar-refractivity contribution in [3.05, 3.63) is 153 Å². The van der Waals surface area contributed by atoms with Crippen LogP contribution in [0.3, 0.4) is 0 Å². The summed E-state index contributed by atoms with van der Waals surface area (Å²) in [5.41, 5.74) is 6.22. The lowest BCUT2D eigenvalue weighted by molar-refractivity contribution is -0.127. The fraction of sp³-hybridized carbons (Fsp3) is 0.256. The molecule has 0 saturated carbocycles. The SMILES string of the molecule is Cc1cc(/C=C/C(=O)N2CCN(Cc3ccc(COc4ccc(C(C)C)cc4)cc3)CC2)cc(Cl)c1Oc1ccc(OCc2ccccc2Cl)cn1. The number of halogens is 2. The summed E-state index contributed by atoms with van der Waals surface area (Å²) in [6.07, 6.45) is 5.01. The van der Waals surface area contributed by atoms with Gasteiger partial charge in [-0.05, 0) is 83.1 Å². The van der Waals surface area contributed by atoms with Gasteiger partial charge in [0.25, 0.3) is 0 Å². The van der Waals surface area contributed by atoms with E-state index in [0.717, 1.165) is 47.6 Å². The van der Waals surface area contributed by atoms with Crippen LogP contribution in [0.25, 0.3) is 6.08 Å². The average Bonchev–Trinajstić information content (AvgIpc) is 3.15. The zero-order valence-electron chi connectivity index (χ0n) is 29.7. The van der Waals surface area contributed by atoms with Crippen LogP contribution in [0.4, 0.5) is 0 Å². The zero-order chi connectivity index (χ0) is 36.5. The zero-order valence-corrected chi connectivity index (χ0v) is 31.2. The summed E-state index contributed by atoms with van der Waals surface area (Å²) >= 11 is 12.8. The molecule has 9 heteroatoms. The van der Waals surface area contributed by atoms with Gasteiger partial charge in [-0.25, -0.2) is 4.98 Å². The number of amides is 1. The van der Waals surface area contributed by atoms with E-state index in [0.29, 0.717) is 59.6 Å². The molecule has 0 radical (unpaired) electrons. The number of hydrogen-bond donors (Lipinski definition) is 0. The first-order chi connectivity index (χ1) is 25.2. The summed E-state index contributed by atoms with van der Waals surface area (Å²) in [4.78, 5) is 21.7. The molecule has 1 aliphatic rings. The van der Waals surface area contributed by atoms with Crippen LogP contribution in [0, 0.1) is 6.92 Å². The normalized spacial score (nSPS) is 13.5. The maximum atomic E-state index is 13.1. The van der Waals surface area contributed by atoms with Crippen molar-refractivity contribution in [2.45, 2.75) is 46.4 Å². The molecule has 0 unspecified atom stereocenters. The van der Waals surface area contributed by atoms with Crippen LogP contribution in [0.2, 0.25) is 10.0 Å². The largest absolute Gasteiger partial charge is 0.489 e. The number of carbonyl (C=O) groups is 1. The lowest BCUT2D eigenvalue weighted by Gasteiger charge is -2.34. The van der Waals surface area contributed by atoms with E-state index in [2.05, 4.69) is 60.1 Å². The highest BCUT2D eigenvalue weighted by Crippen LogP contribution is 2.34. The Kier molecular flexibility index (Phi) is 12.5. The van der Waals surface area contributed by atoms with Gasteiger partial charge in [-0.1, -0.05) is 91.6 Å². The van der Waals surface area contributed by atoms with Crippen molar-refractivity contribution in [1.82, 2.24) is 14.8 Å². The Balaban J connectivity index is 0.940. The van der Waals surface area contributed by atoms with Crippen LogP contribution < -0.4 is 14.2 Å². The first-order valence-corrected chi connectivity index (χ1v) is 18.3. The quantitative estimate of drug-likeness (QED) is 0.112. The second kappa shape index (κ2) is 17.6. The number of ether oxygens (including phenoxy) is 3. The third-order valence-corrected chi connectivity index (χ3v) is 9.65. The molecule has 1 fully saturated rings. The van der Waals surface area contributed by atoms with Crippen molar-refractivity contribution < 1.29 is 19.0 Å². The maximum Gasteiger partial charge on any atom is 0.246 e. The van der Waals surface area contributed by atoms with E-state index < -0.39 is 0 Å². The minimum absolute atomic E-state index is 0.0157. The van der Waals surface area contributed by atoms with E-state index in [4.69, 9.17) is 37.4 Å². The molecule has 0 aliphatic carbocycles. The minimum atomic E-state index is -0.0157. The molecule has 0 bridgehead atoms. The lowest BCUT2D eigenvalue weighted by atomic mass is 10.0. The van der Waals surface area contributed by atoms with Gasteiger partial charge in [-0.3, -0.25) is 9.69 Å². The molecule has 1 aliphatic heterocycles. The number of aromatic nitrogens is 1. The Labute approximate surface area is 316 Å². The highest BCUT2D eigenvalue weighted by Gasteiger charge is 2.20. The van der Waals surface area contributed by atoms with Crippen molar-refractivity contribution >= 4 is 35.2 Å². The van der Waals surface area contributed by atoms with Gasteiger partial charge in [0, 0.05) is 55.5 Å². The van der Waals surface area contributed by atoms with Gasteiger partial charge in [0.15, 0.2) is 5.75 Å². The molecular formula is C43H43Cl2N3O4. The summed E-state index contributed by atoms with van der Waals surface area (Å²) in [5, 5.41) is 1.08. The van der Waals surface area contributed by atoms with Crippen molar-refractivity contribution in [2.75, 3.05) is 26.2 Å². The standard InChI is InChI=1S/C43H43Cl2N3O4/c1-30(2)35-13-15-37(16-14-35)50-28-33-10-8-32(9-11-33)27-47-20-22-48(23-21-47)42(49)19-12-34-24-31(3)43(40(45)25-34)52-41-18-17-38(26-46-41)51-29-36-6-4-5-7-39(36)44/h4-19,24-26,30H,20-23,27-29H2,1-3H3/b19-12+. The summed E-state index contributed by atoms with van der Waals surface area (Å²) < 4.78 is 17.8. The number of benzene rings is 4. The van der Waals surface area contributed by atoms with Gasteiger partial charge in [-0.2, -0.15) is 0 Å². The van der Waals surface area contributed by atoms with Gasteiger partial charge in [-0.15, -0.1) is 0 Å². The Morgan fingerprint density at radius 1 is 0.808 bits per heavy atom. The number of rotatable bonds is 13. The topological polar surface area (TPSA) is 64.1 Å². The molecule has 0 spiro atoms. The van der Waals surface area contributed by atoms with E-state index >= 15 is 0 Å². The number of hydrogen-bond acceptors (Lipinski definition) is 6. The fourth-order valence-electron chi connectivity index (χ4n) is 5.89. The molecule has 6 rings (SSSR count). The molecule has 4 aromatic carbocycles. The Morgan fingerprint density at radius 3 is 2.17 bits per heavy atom. The smallest absolute Gasteiger partial charge is 0.246 e. The van der Waals surface area contributed by atoms with Gasteiger partial charge < -0.3 is 19.1 Å². The molecule has 1 saturated heterocycles. The van der Waals surface area contributed by atoms with Crippen molar-refractivity contribution in [2.24, 2.45) is 0 Å². The third-order valence-electron chi connectivity index (χ3n) is 9.00. The molecule has 52 heavy (non-hydrogen) atoms. The minimum Gasteiger partial charge on any atom is -0.489 e. The highest BCUT2D eigenvalue weighted by molar-refractivity contribution is 6.32. The van der Waals surface area contributed by atoms with E-state index in [-0.39, 0.29) is 5.91 Å². The summed E-state index contributed by atoms with van der Waals surface area (Å²) in [6.45, 7) is 11.0. The van der Waals surface area contributed by atoms with Crippen molar-refractivity contribution in [3.8, 4) is 23.1 Å². The Hall–Kier alpha value is -4.82. The lowest BCUT2D eigenvalue weighted by Crippen LogP contribution is -2.47. The second-order valence-corrected chi connectivity index (χ2v) is 14.0. The van der Waals surface area contributed by atoms with Crippen LogP contribution >= 0.6 is 23.2 Å². The Morgan fingerprint density at radius 2 is 1.50 bits per heavy atom. The van der Waals surface area contributed by atoms with Crippen LogP contribution in [-0.2, 0) is 24.6 Å². The first kappa shape index (κ1) is 37.0. The fourth-order valence-corrected chi connectivity index (χ4v) is 6.39. The van der Waals surface area contributed by atoms with Crippen molar-refractivity contribution in [1.29, 1.82) is 0 Å². The number of carbonyl (C=O) groups excluding carboxylic acids is 1. The molecule has 1 amide bonds. The summed E-state index contributed by atoms with van der Waals surface area (Å²) in [7, 11) is 0. The number of nitrogens with zero attached hydrogens (tertiary/aromatic N) is 3. The molecule has 7 nitrogen and oxygen atoms in total. The average molecular weight is 737 g/mol. The van der Waals surface area contributed by atoms with Gasteiger partial charge in [0.05, 0.1) is 11.2 Å². The van der Waals surface area contributed by atoms with Gasteiger partial charge >= 0.3 is 0 Å². The molecule has 0 N–H and O–H groups in total. The van der Waals surface area contributed by atoms with Crippen LogP contribution in [0.1, 0.15) is 53.1 Å². The van der Waals surface area contributed by atoms with Gasteiger partial charge in [0.1, 0.15) is 24.7 Å². The molecule has 5 aromatic rings. The molecule has 2 heterocycles. The van der Waals surface area contributed by atoms with E-state index in [1.807, 2.05) is 54.3 Å². The summed E-state index contributed by atoms with van der Waals surface area (Å²) in [6, 6.07) is 31.7. The molecule has 0 atom stereocenters. The number of pyridine rings is 1. The van der Waals surface area contributed by atoms with Crippen LogP contribution in [0.5, 0.6) is 23.1 Å². The second-order valence-electron chi connectivity index (χ2n) is 13.2. The number of piperazine rings is 1. The van der Waals surface area contributed by atoms with Crippen LogP contribution in [0.15, 0.2) is 109 Å². The summed E-state index contributed by atoms with van der Waals surface area (Å²) in [5.74, 6) is 2.86. The Bertz CT molecular complexity index is 1950. The van der Waals surface area contributed by atoms with E-state index in [1.165, 1.54) is 11.1 Å². The van der Waals surface area contributed by atoms with Crippen molar-refractivity contribution in [3.63, 3.8) is 0 Å². The highest BCUT2D eigenvalue weighted by atomic mass is 35.5. The van der Waals surface area contributed by atoms with E-state index in [9.17, 15) is 4.79 Å². The predicted octanol–water partition coefficient (Wildman–Crippen LogP) is 10.1. The molecular weight excluding hydrogens is 693 g/mol. The first-order valence-electron chi connectivity index (χ1n) is 17.5.